The number of ether oxygens (including phenoxy) is 1. The molecule has 9 rings (SSSR count). The standard InChI is InChI=1S/C47H44O3P2/c1-45(2,3)35-27-25-33-41(43(35)51-39-23-15-11-19-31(39)29-17-9-13-21-37(29)49-51)48-42-34(47(33,7)8)26-28-36(46(4,5)6)44(42)52-40-24-16-12-20-32(40)30-18-10-14-22-38(30)50-52/h9-28H,1-8H3. The normalized spacial score (nSPS) is 17.8. The second-order valence-corrected chi connectivity index (χ2v) is 20.1. The Bertz CT molecular complexity index is 2250. The predicted octanol–water partition coefficient (Wildman–Crippen LogP) is 11.5. The summed E-state index contributed by atoms with van der Waals surface area (Å²) in [6.45, 7) is 18.5. The second kappa shape index (κ2) is 11.8. The van der Waals surface area contributed by atoms with Crippen molar-refractivity contribution in [3.8, 4) is 45.3 Å². The molecule has 0 saturated heterocycles. The average molecular weight is 719 g/mol. The van der Waals surface area contributed by atoms with Gasteiger partial charge in [-0.05, 0) is 45.2 Å². The molecule has 0 bridgehead atoms. The van der Waals surface area contributed by atoms with Gasteiger partial charge in [-0.1, -0.05) is 165 Å². The maximum Gasteiger partial charge on any atom is 0.155 e. The largest absolute Gasteiger partial charge is 0.464 e. The van der Waals surface area contributed by atoms with Crippen molar-refractivity contribution in [3.63, 3.8) is 0 Å². The molecule has 3 heterocycles. The Kier molecular flexibility index (Phi) is 7.58. The molecule has 2 atom stereocenters. The molecular weight excluding hydrogens is 674 g/mol. The summed E-state index contributed by atoms with van der Waals surface area (Å²) in [7, 11) is -2.56. The summed E-state index contributed by atoms with van der Waals surface area (Å²) in [5.41, 5.74) is 8.92. The lowest BCUT2D eigenvalue weighted by molar-refractivity contribution is 0.420. The zero-order valence-electron chi connectivity index (χ0n) is 31.2. The van der Waals surface area contributed by atoms with Crippen LogP contribution in [0.3, 0.4) is 0 Å². The Morgan fingerprint density at radius 3 is 1.21 bits per heavy atom. The summed E-state index contributed by atoms with van der Waals surface area (Å²) in [4.78, 5) is 0. The van der Waals surface area contributed by atoms with Gasteiger partial charge in [-0.2, -0.15) is 0 Å². The van der Waals surface area contributed by atoms with Gasteiger partial charge in [-0.15, -0.1) is 0 Å². The molecule has 0 saturated carbocycles. The molecule has 0 aliphatic carbocycles. The van der Waals surface area contributed by atoms with Gasteiger partial charge >= 0.3 is 0 Å². The number of rotatable bonds is 2. The zero-order valence-corrected chi connectivity index (χ0v) is 33.0. The summed E-state index contributed by atoms with van der Waals surface area (Å²) in [5.74, 6) is 3.70. The lowest BCUT2D eigenvalue weighted by Crippen LogP contribution is -2.37. The fourth-order valence-corrected chi connectivity index (χ4v) is 12.9. The Hall–Kier alpha value is -4.42. The summed E-state index contributed by atoms with van der Waals surface area (Å²) < 4.78 is 22.0. The average Bonchev–Trinajstić information content (AvgIpc) is 3.12. The van der Waals surface area contributed by atoms with Gasteiger partial charge in [0.15, 0.2) is 16.3 Å². The third-order valence-corrected chi connectivity index (χ3v) is 14.9. The van der Waals surface area contributed by atoms with Crippen LogP contribution >= 0.6 is 16.3 Å². The van der Waals surface area contributed by atoms with E-state index in [9.17, 15) is 0 Å². The molecule has 3 nitrogen and oxygen atoms in total. The number of fused-ring (bicyclic) bond motifs is 8. The molecule has 0 spiro atoms. The van der Waals surface area contributed by atoms with Crippen molar-refractivity contribution >= 4 is 37.5 Å². The number of hydrogen-bond acceptors (Lipinski definition) is 3. The Labute approximate surface area is 310 Å². The highest BCUT2D eigenvalue weighted by molar-refractivity contribution is 7.70. The van der Waals surface area contributed by atoms with Gasteiger partial charge < -0.3 is 13.8 Å². The van der Waals surface area contributed by atoms with Gasteiger partial charge in [0.1, 0.15) is 23.0 Å². The topological polar surface area (TPSA) is 27.7 Å². The molecule has 260 valence electrons. The first-order valence-corrected chi connectivity index (χ1v) is 20.7. The fraction of sp³-hybridized carbons (Fsp3) is 0.234. The maximum absolute atomic E-state index is 7.63. The van der Waals surface area contributed by atoms with Gasteiger partial charge in [0.25, 0.3) is 0 Å². The molecule has 3 aliphatic heterocycles. The van der Waals surface area contributed by atoms with E-state index in [1.54, 1.807) is 0 Å². The van der Waals surface area contributed by atoms with E-state index in [2.05, 4.69) is 177 Å². The highest BCUT2D eigenvalue weighted by atomic mass is 31.1. The Morgan fingerprint density at radius 2 is 0.808 bits per heavy atom. The molecule has 0 fully saturated rings. The highest BCUT2D eigenvalue weighted by Gasteiger charge is 2.45. The maximum atomic E-state index is 7.63. The van der Waals surface area contributed by atoms with Gasteiger partial charge in [0.2, 0.25) is 0 Å². The first-order chi connectivity index (χ1) is 24.8. The minimum Gasteiger partial charge on any atom is -0.464 e. The van der Waals surface area contributed by atoms with Crippen molar-refractivity contribution in [2.75, 3.05) is 0 Å². The van der Waals surface area contributed by atoms with Crippen LogP contribution < -0.4 is 35.0 Å². The van der Waals surface area contributed by atoms with Crippen molar-refractivity contribution < 1.29 is 13.8 Å². The summed E-state index contributed by atoms with van der Waals surface area (Å²) in [5, 5.41) is 4.76. The van der Waals surface area contributed by atoms with Crippen molar-refractivity contribution in [2.45, 2.75) is 71.6 Å². The van der Waals surface area contributed by atoms with E-state index in [4.69, 9.17) is 13.8 Å². The molecular formula is C47H44O3P2. The first kappa shape index (κ1) is 33.4. The monoisotopic (exact) mass is 718 g/mol. The predicted molar refractivity (Wildman–Crippen MR) is 220 cm³/mol. The Morgan fingerprint density at radius 1 is 0.442 bits per heavy atom. The minimum atomic E-state index is -1.28. The first-order valence-electron chi connectivity index (χ1n) is 18.2. The van der Waals surface area contributed by atoms with Crippen LogP contribution in [0.1, 0.15) is 77.6 Å². The molecule has 0 aromatic heterocycles. The van der Waals surface area contributed by atoms with Crippen LogP contribution in [-0.4, -0.2) is 0 Å². The van der Waals surface area contributed by atoms with Gasteiger partial charge in [-0.3, -0.25) is 0 Å². The van der Waals surface area contributed by atoms with Crippen LogP contribution in [0, 0.1) is 0 Å². The van der Waals surface area contributed by atoms with E-state index in [1.807, 2.05) is 0 Å². The van der Waals surface area contributed by atoms with E-state index in [0.29, 0.717) is 0 Å². The zero-order chi connectivity index (χ0) is 36.2. The van der Waals surface area contributed by atoms with Gasteiger partial charge in [0.05, 0.1) is 10.6 Å². The number of para-hydroxylation sites is 2. The van der Waals surface area contributed by atoms with Crippen LogP contribution in [0.5, 0.6) is 23.0 Å². The molecule has 3 aliphatic rings. The van der Waals surface area contributed by atoms with E-state index < -0.39 is 16.3 Å². The third-order valence-electron chi connectivity index (χ3n) is 10.8. The molecule has 6 aromatic carbocycles. The summed E-state index contributed by atoms with van der Waals surface area (Å²) >= 11 is 0. The van der Waals surface area contributed by atoms with Crippen molar-refractivity contribution in [2.24, 2.45) is 0 Å². The van der Waals surface area contributed by atoms with Crippen LogP contribution in [0.25, 0.3) is 22.3 Å². The SMILES string of the molecule is CC(C)(C)c1ccc2c(c1P1Oc3ccccc3-c3ccccc31)Oc1c(ccc(C(C)(C)C)c1P1Oc3ccccc3-c3ccccc31)C2(C)C. The quantitative estimate of drug-likeness (QED) is 0.167. The number of hydrogen-bond donors (Lipinski definition) is 0. The second-order valence-electron chi connectivity index (χ2n) is 16.7. The van der Waals surface area contributed by atoms with Crippen LogP contribution in [-0.2, 0) is 16.2 Å². The molecule has 2 unspecified atom stereocenters. The third kappa shape index (κ3) is 5.08. The van der Waals surface area contributed by atoms with E-state index in [0.717, 1.165) is 44.7 Å². The highest BCUT2D eigenvalue weighted by Crippen LogP contribution is 2.58. The summed E-state index contributed by atoms with van der Waals surface area (Å²) in [6, 6.07) is 43.7. The van der Waals surface area contributed by atoms with Crippen LogP contribution in [0.15, 0.2) is 121 Å². The molecule has 5 heteroatoms. The molecule has 6 aromatic rings. The van der Waals surface area contributed by atoms with Crippen LogP contribution in [0.2, 0.25) is 0 Å². The molecule has 0 N–H and O–H groups in total. The van der Waals surface area contributed by atoms with Gasteiger partial charge in [0, 0.05) is 38.3 Å². The molecule has 52 heavy (non-hydrogen) atoms. The van der Waals surface area contributed by atoms with Crippen LogP contribution in [0.4, 0.5) is 0 Å². The molecule has 0 amide bonds. The summed E-state index contributed by atoms with van der Waals surface area (Å²) in [6.07, 6.45) is 0. The van der Waals surface area contributed by atoms with E-state index in [-0.39, 0.29) is 16.2 Å². The lowest BCUT2D eigenvalue weighted by Gasteiger charge is -2.42. The van der Waals surface area contributed by atoms with E-state index >= 15 is 0 Å². The van der Waals surface area contributed by atoms with Gasteiger partial charge in [-0.25, -0.2) is 0 Å². The van der Waals surface area contributed by atoms with Crippen molar-refractivity contribution in [1.29, 1.82) is 0 Å². The fourth-order valence-electron chi connectivity index (χ4n) is 8.12. The van der Waals surface area contributed by atoms with Crippen molar-refractivity contribution in [3.05, 3.63) is 144 Å². The van der Waals surface area contributed by atoms with E-state index in [1.165, 1.54) is 44.0 Å². The van der Waals surface area contributed by atoms with Crippen molar-refractivity contribution in [1.82, 2.24) is 0 Å². The molecule has 0 radical (unpaired) electrons. The smallest absolute Gasteiger partial charge is 0.155 e. The Balaban J connectivity index is 1.33. The lowest BCUT2D eigenvalue weighted by atomic mass is 9.73. The minimum absolute atomic E-state index is 0.162. The number of benzene rings is 6.